The van der Waals surface area contributed by atoms with Gasteiger partial charge in [-0.15, -0.1) is 0 Å². The minimum Gasteiger partial charge on any atom is -0.381 e. The number of hydrogen-bond donors (Lipinski definition) is 1. The summed E-state index contributed by atoms with van der Waals surface area (Å²) in [5, 5.41) is 0. The Morgan fingerprint density at radius 2 is 1.82 bits per heavy atom. The van der Waals surface area contributed by atoms with Crippen LogP contribution in [-0.2, 0) is 0 Å². The van der Waals surface area contributed by atoms with Crippen molar-refractivity contribution in [3.05, 3.63) is 24.3 Å². The van der Waals surface area contributed by atoms with E-state index in [0.29, 0.717) is 11.9 Å². The molecular formula is C13H18N4. The van der Waals surface area contributed by atoms with Crippen LogP contribution in [0.5, 0.6) is 0 Å². The highest BCUT2D eigenvalue weighted by molar-refractivity contribution is 5.79. The van der Waals surface area contributed by atoms with Crippen molar-refractivity contribution < 1.29 is 0 Å². The lowest BCUT2D eigenvalue weighted by Crippen LogP contribution is -2.29. The van der Waals surface area contributed by atoms with Crippen molar-refractivity contribution in [2.45, 2.75) is 26.3 Å². The van der Waals surface area contributed by atoms with E-state index in [-0.39, 0.29) is 0 Å². The van der Waals surface area contributed by atoms with Crippen molar-refractivity contribution in [1.29, 1.82) is 0 Å². The molecule has 0 radical (unpaired) electrons. The van der Waals surface area contributed by atoms with Gasteiger partial charge in [0.05, 0.1) is 11.0 Å². The third-order valence-corrected chi connectivity index (χ3v) is 3.16. The summed E-state index contributed by atoms with van der Waals surface area (Å²) in [5.41, 5.74) is 7.69. The van der Waals surface area contributed by atoms with Gasteiger partial charge in [-0.25, -0.2) is 9.97 Å². The molecule has 1 aromatic carbocycles. The Balaban J connectivity index is 2.50. The standard InChI is InChI=1S/C13H18N4/c1-4-9(2)17(3)13-12(14)15-10-7-5-6-8-11(10)16-13/h5-9H,4H2,1-3H3,(H2,14,15). The van der Waals surface area contributed by atoms with E-state index in [0.717, 1.165) is 23.3 Å². The molecule has 1 unspecified atom stereocenters. The summed E-state index contributed by atoms with van der Waals surface area (Å²) in [6.07, 6.45) is 1.05. The molecule has 4 nitrogen and oxygen atoms in total. The van der Waals surface area contributed by atoms with Crippen LogP contribution in [0.1, 0.15) is 20.3 Å². The van der Waals surface area contributed by atoms with Crippen LogP contribution in [0.4, 0.5) is 11.6 Å². The first-order valence-electron chi connectivity index (χ1n) is 5.88. The highest BCUT2D eigenvalue weighted by Gasteiger charge is 2.14. The smallest absolute Gasteiger partial charge is 0.172 e. The van der Waals surface area contributed by atoms with Crippen LogP contribution >= 0.6 is 0 Å². The zero-order valence-electron chi connectivity index (χ0n) is 10.5. The first-order valence-corrected chi connectivity index (χ1v) is 5.88. The molecule has 4 heteroatoms. The van der Waals surface area contributed by atoms with Crippen LogP contribution in [0, 0.1) is 0 Å². The lowest BCUT2D eigenvalue weighted by Gasteiger charge is -2.25. The molecule has 0 saturated carbocycles. The van der Waals surface area contributed by atoms with Gasteiger partial charge in [0.25, 0.3) is 0 Å². The van der Waals surface area contributed by atoms with Gasteiger partial charge in [-0.05, 0) is 25.5 Å². The summed E-state index contributed by atoms with van der Waals surface area (Å²) in [4.78, 5) is 11.0. The van der Waals surface area contributed by atoms with E-state index in [4.69, 9.17) is 5.73 Å². The number of fused-ring (bicyclic) bond motifs is 1. The summed E-state index contributed by atoms with van der Waals surface area (Å²) in [6.45, 7) is 4.29. The molecular weight excluding hydrogens is 212 g/mol. The summed E-state index contributed by atoms with van der Waals surface area (Å²) >= 11 is 0. The van der Waals surface area contributed by atoms with Crippen molar-refractivity contribution in [3.63, 3.8) is 0 Å². The predicted molar refractivity (Wildman–Crippen MR) is 72.1 cm³/mol. The molecule has 90 valence electrons. The number of nitrogen functional groups attached to an aromatic ring is 1. The Morgan fingerprint density at radius 3 is 2.41 bits per heavy atom. The first-order chi connectivity index (χ1) is 8.13. The van der Waals surface area contributed by atoms with Gasteiger partial charge in [-0.2, -0.15) is 0 Å². The maximum Gasteiger partial charge on any atom is 0.172 e. The quantitative estimate of drug-likeness (QED) is 0.880. The molecule has 1 atom stereocenters. The maximum atomic E-state index is 5.96. The highest BCUT2D eigenvalue weighted by atomic mass is 15.2. The van der Waals surface area contributed by atoms with Crippen molar-refractivity contribution >= 4 is 22.7 Å². The van der Waals surface area contributed by atoms with Gasteiger partial charge in [0.15, 0.2) is 11.6 Å². The molecule has 2 aromatic rings. The van der Waals surface area contributed by atoms with E-state index >= 15 is 0 Å². The monoisotopic (exact) mass is 230 g/mol. The molecule has 0 saturated heterocycles. The van der Waals surface area contributed by atoms with Crippen LogP contribution in [0.25, 0.3) is 11.0 Å². The average molecular weight is 230 g/mol. The van der Waals surface area contributed by atoms with Crippen molar-refractivity contribution in [2.75, 3.05) is 17.7 Å². The van der Waals surface area contributed by atoms with Crippen molar-refractivity contribution in [1.82, 2.24) is 9.97 Å². The van der Waals surface area contributed by atoms with E-state index < -0.39 is 0 Å². The normalized spacial score (nSPS) is 12.6. The van der Waals surface area contributed by atoms with Gasteiger partial charge < -0.3 is 10.6 Å². The molecule has 0 aliphatic carbocycles. The van der Waals surface area contributed by atoms with E-state index in [1.54, 1.807) is 0 Å². The predicted octanol–water partition coefficient (Wildman–Crippen LogP) is 2.45. The Kier molecular flexibility index (Phi) is 3.13. The number of hydrogen-bond acceptors (Lipinski definition) is 4. The molecule has 2 N–H and O–H groups in total. The van der Waals surface area contributed by atoms with E-state index in [2.05, 4.69) is 28.7 Å². The first kappa shape index (κ1) is 11.6. The van der Waals surface area contributed by atoms with Crippen LogP contribution in [-0.4, -0.2) is 23.1 Å². The summed E-state index contributed by atoms with van der Waals surface area (Å²) in [5.74, 6) is 1.25. The maximum absolute atomic E-state index is 5.96. The fraction of sp³-hybridized carbons (Fsp3) is 0.385. The zero-order chi connectivity index (χ0) is 12.4. The average Bonchev–Trinajstić information content (AvgIpc) is 2.36. The number of para-hydroxylation sites is 2. The van der Waals surface area contributed by atoms with Crippen molar-refractivity contribution in [2.24, 2.45) is 0 Å². The second-order valence-corrected chi connectivity index (χ2v) is 4.29. The molecule has 1 heterocycles. The van der Waals surface area contributed by atoms with Gasteiger partial charge in [0.2, 0.25) is 0 Å². The molecule has 0 spiro atoms. The number of aromatic nitrogens is 2. The zero-order valence-corrected chi connectivity index (χ0v) is 10.5. The lowest BCUT2D eigenvalue weighted by atomic mass is 10.2. The second kappa shape index (κ2) is 4.57. The fourth-order valence-electron chi connectivity index (χ4n) is 1.75. The van der Waals surface area contributed by atoms with Crippen LogP contribution < -0.4 is 10.6 Å². The van der Waals surface area contributed by atoms with Gasteiger partial charge >= 0.3 is 0 Å². The number of rotatable bonds is 3. The molecule has 0 bridgehead atoms. The third-order valence-electron chi connectivity index (χ3n) is 3.16. The number of nitrogens with two attached hydrogens (primary N) is 1. The van der Waals surface area contributed by atoms with Crippen LogP contribution in [0.3, 0.4) is 0 Å². The lowest BCUT2D eigenvalue weighted by molar-refractivity contribution is 0.658. The summed E-state index contributed by atoms with van der Waals surface area (Å²) < 4.78 is 0. The molecule has 1 aromatic heterocycles. The number of anilines is 2. The van der Waals surface area contributed by atoms with E-state index in [1.165, 1.54) is 0 Å². The highest BCUT2D eigenvalue weighted by Crippen LogP contribution is 2.23. The second-order valence-electron chi connectivity index (χ2n) is 4.29. The molecule has 0 aliphatic heterocycles. The van der Waals surface area contributed by atoms with Gasteiger partial charge in [0, 0.05) is 13.1 Å². The number of benzene rings is 1. The minimum atomic E-state index is 0.396. The van der Waals surface area contributed by atoms with Gasteiger partial charge in [-0.1, -0.05) is 19.1 Å². The Labute approximate surface area is 101 Å². The molecule has 17 heavy (non-hydrogen) atoms. The van der Waals surface area contributed by atoms with E-state index in [9.17, 15) is 0 Å². The Hall–Kier alpha value is -1.84. The number of nitrogens with zero attached hydrogens (tertiary/aromatic N) is 3. The van der Waals surface area contributed by atoms with Gasteiger partial charge in [-0.3, -0.25) is 0 Å². The molecule has 2 rings (SSSR count). The largest absolute Gasteiger partial charge is 0.381 e. The summed E-state index contributed by atoms with van der Waals surface area (Å²) in [7, 11) is 2.00. The third kappa shape index (κ3) is 2.16. The Morgan fingerprint density at radius 1 is 1.24 bits per heavy atom. The molecule has 0 aliphatic rings. The van der Waals surface area contributed by atoms with Crippen LogP contribution in [0.15, 0.2) is 24.3 Å². The molecule has 0 fully saturated rings. The van der Waals surface area contributed by atoms with E-state index in [1.807, 2.05) is 31.3 Å². The minimum absolute atomic E-state index is 0.396. The van der Waals surface area contributed by atoms with Crippen LogP contribution in [0.2, 0.25) is 0 Å². The topological polar surface area (TPSA) is 55.0 Å². The SMILES string of the molecule is CCC(C)N(C)c1nc2ccccc2nc1N. The Bertz CT molecular complexity index is 524. The fourth-order valence-corrected chi connectivity index (χ4v) is 1.75. The summed E-state index contributed by atoms with van der Waals surface area (Å²) in [6, 6.07) is 8.17. The van der Waals surface area contributed by atoms with Crippen molar-refractivity contribution in [3.8, 4) is 0 Å². The van der Waals surface area contributed by atoms with Gasteiger partial charge in [0.1, 0.15) is 0 Å². The molecule has 0 amide bonds.